The second-order valence-electron chi connectivity index (χ2n) is 4.32. The first-order valence-electron chi connectivity index (χ1n) is 5.24. The number of hydrogen-bond acceptors (Lipinski definition) is 2. The fraction of sp³-hybridized carbons (Fsp3) is 0.167. The highest BCUT2D eigenvalue weighted by molar-refractivity contribution is 7.96. The third-order valence-electron chi connectivity index (χ3n) is 3.36. The number of hydrogen-bond donors (Lipinski definition) is 0. The summed E-state index contributed by atoms with van der Waals surface area (Å²) in [6, 6.07) is 7.26. The normalized spacial score (nSPS) is 35.7. The third-order valence-corrected chi connectivity index (χ3v) is 5.19. The predicted molar refractivity (Wildman–Crippen MR) is 60.3 cm³/mol. The van der Waals surface area contributed by atoms with Crippen LogP contribution in [0.3, 0.4) is 0 Å². The van der Waals surface area contributed by atoms with Crippen molar-refractivity contribution in [1.82, 2.24) is 0 Å². The van der Waals surface area contributed by atoms with Crippen LogP contribution in [0.5, 0.6) is 0 Å². The molecule has 0 unspecified atom stereocenters. The first-order chi connectivity index (χ1) is 8.77. The Balaban J connectivity index is 2.27. The van der Waals surface area contributed by atoms with Crippen molar-refractivity contribution in [2.45, 2.75) is 10.7 Å². The molecule has 0 saturated carbocycles. The van der Waals surface area contributed by atoms with E-state index in [1.807, 2.05) is 0 Å². The van der Waals surface area contributed by atoms with Crippen molar-refractivity contribution >= 4 is 15.4 Å². The monoisotopic (exact) mass is 290 g/mol. The minimum Gasteiger partial charge on any atom is -0.225 e. The quantitative estimate of drug-likeness (QED) is 0.745. The molecule has 1 aliphatic carbocycles. The van der Waals surface area contributed by atoms with Crippen LogP contribution >= 0.6 is 0 Å². The van der Waals surface area contributed by atoms with E-state index in [1.54, 1.807) is 6.07 Å². The summed E-state index contributed by atoms with van der Waals surface area (Å²) in [6.07, 6.45) is 0.407. The van der Waals surface area contributed by atoms with Crippen molar-refractivity contribution in [1.29, 1.82) is 0 Å². The SMILES string of the molecule is O=S1(=O)C(F)=C(F)[C@@]2(F)C(c3ccccc3)=C[C@]21F. The number of alkyl halides is 2. The Labute approximate surface area is 106 Å². The lowest BCUT2D eigenvalue weighted by molar-refractivity contribution is 0.0984. The van der Waals surface area contributed by atoms with E-state index in [2.05, 4.69) is 0 Å². The van der Waals surface area contributed by atoms with Gasteiger partial charge in [-0.05, 0) is 11.6 Å². The van der Waals surface area contributed by atoms with Crippen LogP contribution in [-0.2, 0) is 9.84 Å². The van der Waals surface area contributed by atoms with Gasteiger partial charge in [0.25, 0.3) is 20.0 Å². The standard InChI is InChI=1S/C12H6F4O2S/c13-9-10(14)19(17,18)11(15)6-8(12(9,11)16)7-4-2-1-3-5-7/h1-6H/t11-,12+/m1/s1. The zero-order chi connectivity index (χ0) is 14.1. The lowest BCUT2D eigenvalue weighted by atomic mass is 9.75. The molecule has 0 bridgehead atoms. The number of halogens is 4. The average molecular weight is 290 g/mol. The average Bonchev–Trinajstić information content (AvgIpc) is 2.47. The second kappa shape index (κ2) is 3.27. The van der Waals surface area contributed by atoms with E-state index in [1.165, 1.54) is 24.3 Å². The fourth-order valence-corrected chi connectivity index (χ4v) is 3.79. The molecule has 0 aromatic heterocycles. The summed E-state index contributed by atoms with van der Waals surface area (Å²) in [4.78, 5) is 0. The van der Waals surface area contributed by atoms with Crippen LogP contribution in [0.15, 0.2) is 47.4 Å². The molecule has 1 aliphatic heterocycles. The van der Waals surface area contributed by atoms with Gasteiger partial charge >= 0.3 is 0 Å². The van der Waals surface area contributed by atoms with Crippen LogP contribution < -0.4 is 0 Å². The minimum atomic E-state index is -5.29. The van der Waals surface area contributed by atoms with E-state index in [4.69, 9.17) is 0 Å². The molecule has 0 amide bonds. The molecule has 0 saturated heterocycles. The maximum Gasteiger partial charge on any atom is 0.280 e. The van der Waals surface area contributed by atoms with E-state index in [-0.39, 0.29) is 5.56 Å². The molecule has 0 fully saturated rings. The largest absolute Gasteiger partial charge is 0.280 e. The molecular weight excluding hydrogens is 284 g/mol. The molecule has 7 heteroatoms. The molecule has 19 heavy (non-hydrogen) atoms. The van der Waals surface area contributed by atoms with Crippen LogP contribution in [0.4, 0.5) is 17.6 Å². The molecule has 0 N–H and O–H groups in total. The smallest absolute Gasteiger partial charge is 0.225 e. The van der Waals surface area contributed by atoms with Crippen LogP contribution in [-0.4, -0.2) is 19.1 Å². The highest BCUT2D eigenvalue weighted by Crippen LogP contribution is 2.65. The maximum atomic E-state index is 14.5. The Morgan fingerprint density at radius 2 is 1.58 bits per heavy atom. The van der Waals surface area contributed by atoms with E-state index >= 15 is 0 Å². The molecule has 1 aromatic carbocycles. The van der Waals surface area contributed by atoms with Crippen molar-refractivity contribution < 1.29 is 26.0 Å². The first-order valence-corrected chi connectivity index (χ1v) is 6.72. The molecule has 1 aromatic rings. The van der Waals surface area contributed by atoms with Gasteiger partial charge in [0.05, 0.1) is 0 Å². The summed E-state index contributed by atoms with van der Waals surface area (Å²) in [7, 11) is -5.29. The first kappa shape index (κ1) is 12.4. The molecular formula is C12H6F4O2S. The van der Waals surface area contributed by atoms with Crippen molar-refractivity contribution in [3.8, 4) is 0 Å². The topological polar surface area (TPSA) is 34.1 Å². The third kappa shape index (κ3) is 1.10. The molecule has 2 nitrogen and oxygen atoms in total. The molecule has 1 heterocycles. The molecule has 2 atom stereocenters. The Kier molecular flexibility index (Phi) is 2.14. The minimum absolute atomic E-state index is 0.0957. The number of benzene rings is 1. The Bertz CT molecular complexity index is 738. The van der Waals surface area contributed by atoms with Crippen LogP contribution in [0.25, 0.3) is 5.57 Å². The lowest BCUT2D eigenvalue weighted by Gasteiger charge is -2.40. The Morgan fingerprint density at radius 3 is 2.11 bits per heavy atom. The zero-order valence-electron chi connectivity index (χ0n) is 9.20. The molecule has 0 radical (unpaired) electrons. The Hall–Kier alpha value is -1.63. The van der Waals surface area contributed by atoms with Crippen molar-refractivity contribution in [2.75, 3.05) is 0 Å². The summed E-state index contributed by atoms with van der Waals surface area (Å²) in [5.41, 5.74) is -4.03. The summed E-state index contributed by atoms with van der Waals surface area (Å²) >= 11 is 0. The van der Waals surface area contributed by atoms with E-state index < -0.39 is 37.1 Å². The number of sulfone groups is 1. The number of rotatable bonds is 1. The van der Waals surface area contributed by atoms with Gasteiger partial charge in [0.2, 0.25) is 5.67 Å². The summed E-state index contributed by atoms with van der Waals surface area (Å²) in [5, 5.41) is -6.07. The number of allylic oxidation sites excluding steroid dienone is 2. The van der Waals surface area contributed by atoms with Gasteiger partial charge in [0, 0.05) is 5.57 Å². The summed E-state index contributed by atoms with van der Waals surface area (Å²) in [5.74, 6) is -2.23. The van der Waals surface area contributed by atoms with Gasteiger partial charge in [-0.3, -0.25) is 0 Å². The van der Waals surface area contributed by atoms with E-state index in [0.29, 0.717) is 6.08 Å². The van der Waals surface area contributed by atoms with Crippen molar-refractivity contribution in [3.63, 3.8) is 0 Å². The van der Waals surface area contributed by atoms with Gasteiger partial charge in [-0.15, -0.1) is 0 Å². The zero-order valence-corrected chi connectivity index (χ0v) is 10.0. The van der Waals surface area contributed by atoms with Gasteiger partial charge in [-0.2, -0.15) is 4.39 Å². The highest BCUT2D eigenvalue weighted by atomic mass is 32.2. The van der Waals surface area contributed by atoms with Gasteiger partial charge < -0.3 is 0 Å². The van der Waals surface area contributed by atoms with Crippen LogP contribution in [0.1, 0.15) is 5.56 Å². The fourth-order valence-electron chi connectivity index (χ4n) is 2.30. The molecule has 0 spiro atoms. The van der Waals surface area contributed by atoms with Gasteiger partial charge in [0.15, 0.2) is 5.83 Å². The molecule has 100 valence electrons. The van der Waals surface area contributed by atoms with Crippen molar-refractivity contribution in [2.24, 2.45) is 0 Å². The van der Waals surface area contributed by atoms with E-state index in [0.717, 1.165) is 0 Å². The molecule has 2 aliphatic rings. The lowest BCUT2D eigenvalue weighted by Crippen LogP contribution is -2.55. The van der Waals surface area contributed by atoms with Gasteiger partial charge in [0.1, 0.15) is 0 Å². The summed E-state index contributed by atoms with van der Waals surface area (Å²) < 4.78 is 78.0. The van der Waals surface area contributed by atoms with Crippen molar-refractivity contribution in [3.05, 3.63) is 53.0 Å². The van der Waals surface area contributed by atoms with Gasteiger partial charge in [-0.25, -0.2) is 21.6 Å². The van der Waals surface area contributed by atoms with Gasteiger partial charge in [-0.1, -0.05) is 30.3 Å². The van der Waals surface area contributed by atoms with Crippen LogP contribution in [0.2, 0.25) is 0 Å². The predicted octanol–water partition coefficient (Wildman–Crippen LogP) is 2.99. The second-order valence-corrected chi connectivity index (χ2v) is 6.28. The van der Waals surface area contributed by atoms with Crippen LogP contribution in [0, 0.1) is 0 Å². The maximum absolute atomic E-state index is 14.5. The highest BCUT2D eigenvalue weighted by Gasteiger charge is 2.79. The summed E-state index contributed by atoms with van der Waals surface area (Å²) in [6.45, 7) is 0. The van der Waals surface area contributed by atoms with E-state index in [9.17, 15) is 26.0 Å². The Morgan fingerprint density at radius 1 is 1.00 bits per heavy atom. The molecule has 3 rings (SSSR count). The number of fused-ring (bicyclic) bond motifs is 1.